The van der Waals surface area contributed by atoms with E-state index in [9.17, 15) is 0 Å². The number of H-pyrrole nitrogens is 1. The Balaban J connectivity index is 0.000000581. The summed E-state index contributed by atoms with van der Waals surface area (Å²) in [6.45, 7) is 13.3. The lowest BCUT2D eigenvalue weighted by Crippen LogP contribution is -2.44. The lowest BCUT2D eigenvalue weighted by atomic mass is 9.88. The number of hydrogen-bond donors (Lipinski definition) is 1. The van der Waals surface area contributed by atoms with E-state index in [4.69, 9.17) is 10.00 Å². The minimum absolute atomic E-state index is 0.0140. The van der Waals surface area contributed by atoms with E-state index < -0.39 is 0 Å². The lowest BCUT2D eigenvalue weighted by Gasteiger charge is -2.35. The Morgan fingerprint density at radius 3 is 2.12 bits per heavy atom. The van der Waals surface area contributed by atoms with Gasteiger partial charge in [0.15, 0.2) is 5.69 Å². The highest BCUT2D eigenvalue weighted by Crippen LogP contribution is 2.29. The van der Waals surface area contributed by atoms with E-state index in [1.807, 2.05) is 34.6 Å². The molecule has 1 aliphatic rings. The van der Waals surface area contributed by atoms with E-state index in [2.05, 4.69) is 23.0 Å². The fourth-order valence-corrected chi connectivity index (χ4v) is 1.40. The first-order chi connectivity index (χ1) is 8.15. The molecule has 0 aliphatic carbocycles. The van der Waals surface area contributed by atoms with Crippen molar-refractivity contribution in [1.82, 2.24) is 9.97 Å². The predicted octanol–water partition coefficient (Wildman–Crippen LogP) is 2.93. The maximum atomic E-state index is 8.72. The monoisotopic (exact) mass is 237 g/mol. The van der Waals surface area contributed by atoms with E-state index >= 15 is 0 Å². The van der Waals surface area contributed by atoms with Crippen LogP contribution in [-0.2, 0) is 10.2 Å². The Kier molecular flexibility index (Phi) is 6.52. The van der Waals surface area contributed by atoms with Crippen LogP contribution in [0.15, 0.2) is 0 Å². The van der Waals surface area contributed by atoms with Gasteiger partial charge in [-0.3, -0.25) is 0 Å². The fraction of sp³-hybridized carbons (Fsp3) is 0.692. The zero-order valence-corrected chi connectivity index (χ0v) is 11.7. The molecule has 4 nitrogen and oxygen atoms in total. The van der Waals surface area contributed by atoms with Crippen LogP contribution in [0.2, 0.25) is 0 Å². The number of ether oxygens (including phenoxy) is 1. The lowest BCUT2D eigenvalue weighted by molar-refractivity contribution is -0.0540. The van der Waals surface area contributed by atoms with Crippen LogP contribution in [0, 0.1) is 18.3 Å². The van der Waals surface area contributed by atoms with Crippen LogP contribution in [0.1, 0.15) is 51.8 Å². The van der Waals surface area contributed by atoms with Crippen molar-refractivity contribution >= 4 is 0 Å². The molecule has 4 heteroatoms. The van der Waals surface area contributed by atoms with E-state index in [0.717, 1.165) is 11.5 Å². The third-order valence-corrected chi connectivity index (χ3v) is 2.40. The number of aromatic amines is 1. The Hall–Kier alpha value is -1.34. The molecule has 1 aromatic heterocycles. The van der Waals surface area contributed by atoms with Crippen molar-refractivity contribution in [3.05, 3.63) is 17.2 Å². The highest BCUT2D eigenvalue weighted by atomic mass is 16.5. The first-order valence-electron chi connectivity index (χ1n) is 6.21. The number of hydrogen-bond acceptors (Lipinski definition) is 3. The van der Waals surface area contributed by atoms with Crippen molar-refractivity contribution < 1.29 is 4.74 Å². The molecule has 0 amide bonds. The summed E-state index contributed by atoms with van der Waals surface area (Å²) in [4.78, 5) is 7.35. The van der Waals surface area contributed by atoms with E-state index in [0.29, 0.717) is 18.9 Å². The number of imidazole rings is 1. The van der Waals surface area contributed by atoms with Crippen molar-refractivity contribution in [1.29, 1.82) is 5.26 Å². The molecule has 0 saturated carbocycles. The fourth-order valence-electron chi connectivity index (χ4n) is 1.40. The number of aromatic nitrogens is 2. The maximum absolute atomic E-state index is 8.72. The molecule has 1 fully saturated rings. The molecule has 1 aliphatic heterocycles. The van der Waals surface area contributed by atoms with Crippen LogP contribution in [-0.4, -0.2) is 23.2 Å². The van der Waals surface area contributed by atoms with Gasteiger partial charge in [0, 0.05) is 5.69 Å². The summed E-state index contributed by atoms with van der Waals surface area (Å²) in [5, 5.41) is 8.72. The third-order valence-electron chi connectivity index (χ3n) is 2.40. The van der Waals surface area contributed by atoms with Gasteiger partial charge in [0.2, 0.25) is 0 Å². The highest BCUT2D eigenvalue weighted by molar-refractivity contribution is 5.29. The Labute approximate surface area is 104 Å². The molecular formula is C13H23N3O. The van der Waals surface area contributed by atoms with E-state index in [1.54, 1.807) is 0 Å². The number of rotatable bonds is 1. The zero-order valence-electron chi connectivity index (χ0n) is 11.7. The Morgan fingerprint density at radius 2 is 1.82 bits per heavy atom. The van der Waals surface area contributed by atoms with Gasteiger partial charge in [-0.25, -0.2) is 4.98 Å². The number of aryl methyl sites for hydroxylation is 1. The maximum Gasteiger partial charge on any atom is 0.161 e. The van der Waals surface area contributed by atoms with Gasteiger partial charge >= 0.3 is 0 Å². The smallest absolute Gasteiger partial charge is 0.161 e. The molecule has 0 radical (unpaired) electrons. The topological polar surface area (TPSA) is 61.7 Å². The molecule has 0 bridgehead atoms. The van der Waals surface area contributed by atoms with Crippen molar-refractivity contribution in [2.24, 2.45) is 0 Å². The molecule has 1 N–H and O–H groups in total. The van der Waals surface area contributed by atoms with Gasteiger partial charge in [-0.2, -0.15) is 5.26 Å². The first kappa shape index (κ1) is 15.7. The van der Waals surface area contributed by atoms with Crippen LogP contribution in [0.3, 0.4) is 0 Å². The van der Waals surface area contributed by atoms with Gasteiger partial charge < -0.3 is 9.72 Å². The average Bonchev–Trinajstić information content (AvgIpc) is 2.73. The minimum atomic E-state index is -0.0140. The minimum Gasteiger partial charge on any atom is -0.379 e. The molecule has 2 rings (SSSR count). The van der Waals surface area contributed by atoms with Gasteiger partial charge in [-0.1, -0.05) is 27.7 Å². The summed E-state index contributed by atoms with van der Waals surface area (Å²) < 4.78 is 5.13. The second-order valence-electron chi connectivity index (χ2n) is 3.72. The quantitative estimate of drug-likeness (QED) is 0.816. The Morgan fingerprint density at radius 1 is 1.29 bits per heavy atom. The predicted molar refractivity (Wildman–Crippen MR) is 68.9 cm³/mol. The van der Waals surface area contributed by atoms with Gasteiger partial charge in [0.05, 0.1) is 18.6 Å². The van der Waals surface area contributed by atoms with Crippen LogP contribution in [0.25, 0.3) is 0 Å². The van der Waals surface area contributed by atoms with Gasteiger partial charge in [-0.05, 0) is 13.8 Å². The van der Waals surface area contributed by atoms with Crippen LogP contribution in [0.5, 0.6) is 0 Å². The highest BCUT2D eigenvalue weighted by Gasteiger charge is 2.38. The molecular weight excluding hydrogens is 214 g/mol. The third kappa shape index (κ3) is 3.31. The van der Waals surface area contributed by atoms with Crippen molar-refractivity contribution in [2.45, 2.75) is 47.0 Å². The zero-order chi connectivity index (χ0) is 13.5. The van der Waals surface area contributed by atoms with Crippen LogP contribution < -0.4 is 0 Å². The van der Waals surface area contributed by atoms with Gasteiger partial charge in [-0.15, -0.1) is 0 Å². The molecule has 1 saturated heterocycles. The molecule has 0 aromatic carbocycles. The SMILES string of the molecule is CC.CC.Cc1[nH]c(C2(C)COC2)nc1C#N. The number of nitrogens with one attached hydrogen (secondary N) is 1. The van der Waals surface area contributed by atoms with E-state index in [1.165, 1.54) is 0 Å². The molecule has 0 atom stereocenters. The Bertz CT molecular complexity index is 373. The van der Waals surface area contributed by atoms with E-state index in [-0.39, 0.29) is 5.41 Å². The van der Waals surface area contributed by atoms with Crippen LogP contribution in [0.4, 0.5) is 0 Å². The summed E-state index contributed by atoms with van der Waals surface area (Å²) in [5.41, 5.74) is 1.31. The second-order valence-corrected chi connectivity index (χ2v) is 3.72. The molecule has 17 heavy (non-hydrogen) atoms. The standard InChI is InChI=1S/C9H11N3O.2C2H6/c1-6-7(3-10)12-8(11-6)9(2)4-13-5-9;2*1-2/h4-5H2,1-2H3,(H,11,12);2*1-2H3. The van der Waals surface area contributed by atoms with Crippen molar-refractivity contribution in [2.75, 3.05) is 13.2 Å². The molecule has 2 heterocycles. The van der Waals surface area contributed by atoms with Gasteiger partial charge in [0.25, 0.3) is 0 Å². The largest absolute Gasteiger partial charge is 0.379 e. The normalized spacial score (nSPS) is 15.4. The van der Waals surface area contributed by atoms with Crippen molar-refractivity contribution in [3.8, 4) is 6.07 Å². The molecule has 96 valence electrons. The average molecular weight is 237 g/mol. The van der Waals surface area contributed by atoms with Crippen molar-refractivity contribution in [3.63, 3.8) is 0 Å². The summed E-state index contributed by atoms with van der Waals surface area (Å²) >= 11 is 0. The summed E-state index contributed by atoms with van der Waals surface area (Å²) in [6, 6.07) is 2.05. The molecule has 0 spiro atoms. The summed E-state index contributed by atoms with van der Waals surface area (Å²) in [5.74, 6) is 0.868. The first-order valence-corrected chi connectivity index (χ1v) is 6.21. The van der Waals surface area contributed by atoms with Crippen LogP contribution >= 0.6 is 0 Å². The molecule has 1 aromatic rings. The summed E-state index contributed by atoms with van der Waals surface area (Å²) in [6.07, 6.45) is 0. The second kappa shape index (κ2) is 7.08. The number of nitrogens with zero attached hydrogens (tertiary/aromatic N) is 2. The summed E-state index contributed by atoms with van der Waals surface area (Å²) in [7, 11) is 0. The molecule has 0 unspecified atom stereocenters. The number of nitriles is 1. The van der Waals surface area contributed by atoms with Gasteiger partial charge in [0.1, 0.15) is 11.9 Å².